The Morgan fingerprint density at radius 3 is 2.76 bits per heavy atom. The van der Waals surface area contributed by atoms with Crippen LogP contribution in [0.1, 0.15) is 6.92 Å². The molecule has 0 atom stereocenters. The smallest absolute Gasteiger partial charge is 0.271 e. The first-order valence-electron chi connectivity index (χ1n) is 4.84. The van der Waals surface area contributed by atoms with E-state index in [1.807, 2.05) is 0 Å². The Bertz CT molecular complexity index is 469. The van der Waals surface area contributed by atoms with Crippen molar-refractivity contribution in [2.45, 2.75) is 6.92 Å². The van der Waals surface area contributed by atoms with Crippen LogP contribution in [0.2, 0.25) is 0 Å². The van der Waals surface area contributed by atoms with Gasteiger partial charge in [0.15, 0.2) is 0 Å². The van der Waals surface area contributed by atoms with Gasteiger partial charge in [-0.25, -0.2) is 0 Å². The molecule has 1 amide bonds. The van der Waals surface area contributed by atoms with Gasteiger partial charge in [0.25, 0.3) is 5.69 Å². The predicted octanol–water partition coefficient (Wildman–Crippen LogP) is 2.12. The van der Waals surface area contributed by atoms with Crippen molar-refractivity contribution in [3.63, 3.8) is 0 Å². The number of nitrogens with one attached hydrogen (secondary N) is 1. The van der Waals surface area contributed by atoms with Crippen LogP contribution in [0.25, 0.3) is 0 Å². The van der Waals surface area contributed by atoms with Gasteiger partial charge in [-0.2, -0.15) is 0 Å². The number of nitro benzene ring substituents is 1. The normalized spacial score (nSPS) is 10.2. The van der Waals surface area contributed by atoms with Gasteiger partial charge < -0.3 is 10.1 Å². The zero-order valence-corrected chi connectivity index (χ0v) is 9.47. The number of methoxy groups -OCH3 is 1. The van der Waals surface area contributed by atoms with Crippen LogP contribution in [-0.4, -0.2) is 17.9 Å². The zero-order valence-electron chi connectivity index (χ0n) is 9.47. The molecular weight excluding hydrogens is 224 g/mol. The van der Waals surface area contributed by atoms with E-state index in [0.717, 1.165) is 0 Å². The standard InChI is InChI=1S/C11H12N2O4/c1-3-4-11(14)12-9-7-8(13(15)16)5-6-10(9)17-2/h3-7H,1-2H3,(H,12,14). The lowest BCUT2D eigenvalue weighted by atomic mass is 10.2. The highest BCUT2D eigenvalue weighted by Crippen LogP contribution is 2.28. The Morgan fingerprint density at radius 1 is 1.53 bits per heavy atom. The van der Waals surface area contributed by atoms with Crippen LogP contribution >= 0.6 is 0 Å². The van der Waals surface area contributed by atoms with Crippen molar-refractivity contribution in [1.82, 2.24) is 0 Å². The molecule has 1 rings (SSSR count). The number of nitro groups is 1. The maximum atomic E-state index is 11.3. The van der Waals surface area contributed by atoms with Crippen LogP contribution < -0.4 is 10.1 Å². The molecule has 1 aromatic rings. The summed E-state index contributed by atoms with van der Waals surface area (Å²) >= 11 is 0. The molecule has 0 unspecified atom stereocenters. The lowest BCUT2D eigenvalue weighted by molar-refractivity contribution is -0.384. The summed E-state index contributed by atoms with van der Waals surface area (Å²) in [5, 5.41) is 13.1. The second kappa shape index (κ2) is 5.64. The first-order valence-corrected chi connectivity index (χ1v) is 4.84. The molecule has 0 heterocycles. The highest BCUT2D eigenvalue weighted by atomic mass is 16.6. The third-order valence-corrected chi connectivity index (χ3v) is 1.97. The van der Waals surface area contributed by atoms with Crippen molar-refractivity contribution < 1.29 is 14.5 Å². The van der Waals surface area contributed by atoms with Gasteiger partial charge in [0.05, 0.1) is 17.7 Å². The largest absolute Gasteiger partial charge is 0.495 e. The molecule has 0 aromatic heterocycles. The van der Waals surface area contributed by atoms with Crippen LogP contribution in [0.5, 0.6) is 5.75 Å². The van der Waals surface area contributed by atoms with Crippen molar-refractivity contribution in [2.24, 2.45) is 0 Å². The van der Waals surface area contributed by atoms with Gasteiger partial charge in [0.2, 0.25) is 5.91 Å². The van der Waals surface area contributed by atoms with Gasteiger partial charge in [-0.1, -0.05) is 6.08 Å². The quantitative estimate of drug-likeness (QED) is 0.493. The molecule has 0 saturated heterocycles. The van der Waals surface area contributed by atoms with Crippen LogP contribution in [0.15, 0.2) is 30.4 Å². The minimum absolute atomic E-state index is 0.110. The van der Waals surface area contributed by atoms with E-state index in [2.05, 4.69) is 5.32 Å². The number of allylic oxidation sites excluding steroid dienone is 1. The molecule has 0 aliphatic carbocycles. The average molecular weight is 236 g/mol. The van der Waals surface area contributed by atoms with Crippen molar-refractivity contribution in [2.75, 3.05) is 12.4 Å². The van der Waals surface area contributed by atoms with E-state index in [1.54, 1.807) is 13.0 Å². The molecule has 1 N–H and O–H groups in total. The number of non-ortho nitro benzene ring substituents is 1. The summed E-state index contributed by atoms with van der Waals surface area (Å²) in [6.07, 6.45) is 2.89. The monoisotopic (exact) mass is 236 g/mol. The lowest BCUT2D eigenvalue weighted by Gasteiger charge is -2.08. The fourth-order valence-corrected chi connectivity index (χ4v) is 1.23. The number of carbonyl (C=O) groups excluding carboxylic acids is 1. The molecule has 90 valence electrons. The van der Waals surface area contributed by atoms with Crippen molar-refractivity contribution in [3.8, 4) is 5.75 Å². The molecule has 6 nitrogen and oxygen atoms in total. The Morgan fingerprint density at radius 2 is 2.24 bits per heavy atom. The molecule has 6 heteroatoms. The van der Waals surface area contributed by atoms with Gasteiger partial charge in [0, 0.05) is 12.1 Å². The minimum atomic E-state index is -0.537. The third kappa shape index (κ3) is 3.30. The van der Waals surface area contributed by atoms with Gasteiger partial charge >= 0.3 is 0 Å². The molecule has 0 aliphatic rings. The van der Waals surface area contributed by atoms with Crippen LogP contribution in [-0.2, 0) is 4.79 Å². The summed E-state index contributed by atoms with van der Waals surface area (Å²) in [4.78, 5) is 21.4. The molecule has 0 saturated carbocycles. The number of hydrogen-bond donors (Lipinski definition) is 1. The Hall–Kier alpha value is -2.37. The predicted molar refractivity (Wildman–Crippen MR) is 63.1 cm³/mol. The number of hydrogen-bond acceptors (Lipinski definition) is 4. The summed E-state index contributed by atoms with van der Waals surface area (Å²) < 4.78 is 5.00. The van der Waals surface area contributed by atoms with Crippen LogP contribution in [0.3, 0.4) is 0 Å². The van der Waals surface area contributed by atoms with E-state index in [0.29, 0.717) is 5.75 Å². The highest BCUT2D eigenvalue weighted by Gasteiger charge is 2.12. The molecular formula is C11H12N2O4. The Labute approximate surface area is 98.0 Å². The summed E-state index contributed by atoms with van der Waals surface area (Å²) in [5.41, 5.74) is 0.159. The molecule has 0 bridgehead atoms. The van der Waals surface area contributed by atoms with Crippen LogP contribution in [0, 0.1) is 10.1 Å². The number of amides is 1. The third-order valence-electron chi connectivity index (χ3n) is 1.97. The van der Waals surface area contributed by atoms with Crippen molar-refractivity contribution in [1.29, 1.82) is 0 Å². The number of ether oxygens (including phenoxy) is 1. The van der Waals surface area contributed by atoms with Crippen molar-refractivity contribution >= 4 is 17.3 Å². The molecule has 0 spiro atoms. The highest BCUT2D eigenvalue weighted by molar-refractivity contribution is 6.00. The number of carbonyl (C=O) groups is 1. The van der Waals surface area contributed by atoms with E-state index in [1.165, 1.54) is 31.4 Å². The minimum Gasteiger partial charge on any atom is -0.495 e. The topological polar surface area (TPSA) is 81.5 Å². The second-order valence-corrected chi connectivity index (χ2v) is 3.13. The first-order chi connectivity index (χ1) is 8.08. The van der Waals surface area contributed by atoms with Gasteiger partial charge in [-0.15, -0.1) is 0 Å². The fraction of sp³-hybridized carbons (Fsp3) is 0.182. The van der Waals surface area contributed by atoms with Gasteiger partial charge in [0.1, 0.15) is 5.75 Å². The first kappa shape index (κ1) is 12.7. The SMILES string of the molecule is CC=CC(=O)Nc1cc([N+](=O)[O-])ccc1OC. The Kier molecular flexibility index (Phi) is 4.21. The van der Waals surface area contributed by atoms with Gasteiger partial charge in [-0.3, -0.25) is 14.9 Å². The second-order valence-electron chi connectivity index (χ2n) is 3.13. The average Bonchev–Trinajstić information content (AvgIpc) is 2.29. The number of anilines is 1. The molecule has 1 aromatic carbocycles. The zero-order chi connectivity index (χ0) is 12.8. The molecule has 17 heavy (non-hydrogen) atoms. The van der Waals surface area contributed by atoms with E-state index in [-0.39, 0.29) is 17.3 Å². The summed E-state index contributed by atoms with van der Waals surface area (Å²) in [6, 6.07) is 3.99. The Balaban J connectivity index is 3.05. The van der Waals surface area contributed by atoms with Gasteiger partial charge in [-0.05, 0) is 19.1 Å². The lowest BCUT2D eigenvalue weighted by Crippen LogP contribution is -2.09. The maximum absolute atomic E-state index is 11.3. The maximum Gasteiger partial charge on any atom is 0.271 e. The van der Waals surface area contributed by atoms with E-state index >= 15 is 0 Å². The molecule has 0 aliphatic heterocycles. The molecule has 0 radical (unpaired) electrons. The van der Waals surface area contributed by atoms with Crippen LogP contribution in [0.4, 0.5) is 11.4 Å². The summed E-state index contributed by atoms with van der Waals surface area (Å²) in [7, 11) is 1.42. The van der Waals surface area contributed by atoms with Crippen molar-refractivity contribution in [3.05, 3.63) is 40.5 Å². The summed E-state index contributed by atoms with van der Waals surface area (Å²) in [5.74, 6) is -0.000231. The number of nitrogens with zero attached hydrogens (tertiary/aromatic N) is 1. The molecule has 0 fully saturated rings. The number of rotatable bonds is 4. The summed E-state index contributed by atoms with van der Waals surface area (Å²) in [6.45, 7) is 1.70. The van der Waals surface area contributed by atoms with E-state index in [4.69, 9.17) is 4.74 Å². The van der Waals surface area contributed by atoms with E-state index < -0.39 is 4.92 Å². The fourth-order valence-electron chi connectivity index (χ4n) is 1.23. The number of benzene rings is 1. The van der Waals surface area contributed by atoms with E-state index in [9.17, 15) is 14.9 Å².